The van der Waals surface area contributed by atoms with Gasteiger partial charge >= 0.3 is 12.5 Å². The molecule has 2 atom stereocenters. The van der Waals surface area contributed by atoms with Gasteiger partial charge in [-0.3, -0.25) is 0 Å². The number of alkyl halides is 6. The van der Waals surface area contributed by atoms with E-state index in [9.17, 15) is 36.6 Å². The summed E-state index contributed by atoms with van der Waals surface area (Å²) in [5, 5.41) is 27.1. The largest absolute Gasteiger partial charge is 0.574 e. The Morgan fingerprint density at radius 3 is 1.84 bits per heavy atom. The fraction of sp³-hybridized carbons (Fsp3) is 0.467. The van der Waals surface area contributed by atoms with E-state index in [-0.39, 0.29) is 31.1 Å². The van der Waals surface area contributed by atoms with Crippen LogP contribution in [0.4, 0.5) is 26.3 Å². The summed E-state index contributed by atoms with van der Waals surface area (Å²) < 4.78 is 85.9. The predicted octanol–water partition coefficient (Wildman–Crippen LogP) is 5.52. The van der Waals surface area contributed by atoms with Gasteiger partial charge in [0, 0.05) is 30.2 Å². The zero-order valence-corrected chi connectivity index (χ0v) is 24.6. The van der Waals surface area contributed by atoms with E-state index in [1.165, 1.54) is 24.3 Å². The van der Waals surface area contributed by atoms with Crippen molar-refractivity contribution in [2.24, 2.45) is 0 Å². The average Bonchev–Trinajstić information content (AvgIpc) is 2.93. The number of halogens is 6. The molecule has 0 radical (unpaired) electrons. The Hall–Kier alpha value is -3.46. The van der Waals surface area contributed by atoms with Crippen LogP contribution in [0.3, 0.4) is 0 Å². The van der Waals surface area contributed by atoms with Gasteiger partial charge in [0.05, 0.1) is 11.4 Å². The molecule has 0 aliphatic heterocycles. The lowest BCUT2D eigenvalue weighted by Crippen LogP contribution is -2.46. The second-order valence-corrected chi connectivity index (χ2v) is 11.6. The summed E-state index contributed by atoms with van der Waals surface area (Å²) in [5.74, 6) is -0.0724. The highest BCUT2D eigenvalue weighted by molar-refractivity contribution is 5.28. The van der Waals surface area contributed by atoms with Gasteiger partial charge in [0.2, 0.25) is 5.88 Å². The van der Waals surface area contributed by atoms with Crippen molar-refractivity contribution >= 4 is 0 Å². The number of nitrogens with one attached hydrogen (secondary N) is 2. The van der Waals surface area contributed by atoms with Gasteiger partial charge in [-0.1, -0.05) is 24.3 Å². The van der Waals surface area contributed by atoms with Crippen molar-refractivity contribution in [3.05, 3.63) is 83.3 Å². The molecular formula is C30H36F6N4O4. The monoisotopic (exact) mass is 630 g/mol. The molecule has 0 amide bonds. The van der Waals surface area contributed by atoms with Gasteiger partial charge in [0.25, 0.3) is 0 Å². The number of β-amino-alcohol motifs (C(OH)–C–C–N with tert-alkyl or cyclic N) is 2. The second-order valence-electron chi connectivity index (χ2n) is 11.6. The maximum Gasteiger partial charge on any atom is 0.574 e. The minimum absolute atomic E-state index is 0.0378. The lowest BCUT2D eigenvalue weighted by atomic mass is 9.94. The number of pyridine rings is 2. The van der Waals surface area contributed by atoms with Crippen LogP contribution in [0, 0.1) is 0 Å². The molecule has 2 aromatic heterocycles. The number of hydrogen-bond acceptors (Lipinski definition) is 8. The summed E-state index contributed by atoms with van der Waals surface area (Å²) >= 11 is 0. The summed E-state index contributed by atoms with van der Waals surface area (Å²) in [6, 6.07) is 14.5. The van der Waals surface area contributed by atoms with Crippen LogP contribution in [0.5, 0.6) is 11.6 Å². The zero-order chi connectivity index (χ0) is 32.8. The Morgan fingerprint density at radius 2 is 1.27 bits per heavy atom. The number of benzene rings is 1. The Morgan fingerprint density at radius 1 is 0.727 bits per heavy atom. The summed E-state index contributed by atoms with van der Waals surface area (Å²) in [7, 11) is 0. The Balaban J connectivity index is 1.47. The van der Waals surface area contributed by atoms with Gasteiger partial charge in [-0.25, -0.2) is 9.97 Å². The van der Waals surface area contributed by atoms with Gasteiger partial charge in [0.15, 0.2) is 0 Å². The first-order chi connectivity index (χ1) is 20.3. The third-order valence-corrected chi connectivity index (χ3v) is 6.43. The molecule has 3 aromatic rings. The van der Waals surface area contributed by atoms with Crippen LogP contribution in [0.25, 0.3) is 0 Å². The molecule has 0 saturated carbocycles. The van der Waals surface area contributed by atoms with Crippen LogP contribution in [0.1, 0.15) is 62.5 Å². The van der Waals surface area contributed by atoms with E-state index < -0.39 is 47.4 Å². The van der Waals surface area contributed by atoms with Crippen LogP contribution in [-0.2, 0) is 12.6 Å². The SMILES string of the molecule is CC(C)(COc1ccc(CC(C)(C)NC[C@@H](O)c2cccc(OC(F)(F)F)n2)cc1)NC[C@@H](O)c1cccc(C(F)(F)F)n1. The lowest BCUT2D eigenvalue weighted by Gasteiger charge is -2.29. The van der Waals surface area contributed by atoms with Crippen molar-refractivity contribution in [1.29, 1.82) is 0 Å². The number of rotatable bonds is 14. The fourth-order valence-corrected chi connectivity index (χ4v) is 4.13. The van der Waals surface area contributed by atoms with E-state index in [0.717, 1.165) is 17.7 Å². The molecule has 1 aromatic carbocycles. The third kappa shape index (κ3) is 11.6. The molecule has 2 heterocycles. The Kier molecular flexibility index (Phi) is 11.2. The minimum Gasteiger partial charge on any atom is -0.492 e. The van der Waals surface area contributed by atoms with Crippen molar-refractivity contribution in [3.8, 4) is 11.6 Å². The zero-order valence-electron chi connectivity index (χ0n) is 24.6. The number of aliphatic hydroxyl groups excluding tert-OH is 2. The Labute approximate surface area is 251 Å². The van der Waals surface area contributed by atoms with E-state index in [2.05, 4.69) is 25.3 Å². The van der Waals surface area contributed by atoms with E-state index in [4.69, 9.17) is 4.74 Å². The van der Waals surface area contributed by atoms with Crippen molar-refractivity contribution < 1.29 is 46.0 Å². The summed E-state index contributed by atoms with van der Waals surface area (Å²) in [6.45, 7) is 7.68. The predicted molar refractivity (Wildman–Crippen MR) is 150 cm³/mol. The van der Waals surface area contributed by atoms with Crippen LogP contribution in [-0.4, -0.2) is 57.3 Å². The molecule has 0 spiro atoms. The van der Waals surface area contributed by atoms with E-state index in [0.29, 0.717) is 12.2 Å². The van der Waals surface area contributed by atoms with Crippen LogP contribution >= 0.6 is 0 Å². The van der Waals surface area contributed by atoms with Gasteiger partial charge in [-0.2, -0.15) is 13.2 Å². The number of aliphatic hydroxyl groups is 2. The molecular weight excluding hydrogens is 594 g/mol. The molecule has 0 unspecified atom stereocenters. The molecule has 0 bridgehead atoms. The van der Waals surface area contributed by atoms with Crippen molar-refractivity contribution in [2.45, 2.75) is 69.9 Å². The molecule has 4 N–H and O–H groups in total. The standard InChI is InChI=1S/C30H36F6N4O4/c1-27(2,37-16-24(42)22-8-6-10-26(40-22)44-30(34,35)36)15-19-11-13-20(14-12-19)43-18-28(3,4)38-17-23(41)21-7-5-9-25(39-21)29(31,32)33/h5-14,23-24,37-38,41-42H,15-18H2,1-4H3/t23-,24-/m1/s1. The molecule has 14 heteroatoms. The summed E-state index contributed by atoms with van der Waals surface area (Å²) in [6.07, 6.45) is -11.4. The average molecular weight is 631 g/mol. The van der Waals surface area contributed by atoms with Crippen LogP contribution in [0.15, 0.2) is 60.7 Å². The van der Waals surface area contributed by atoms with Crippen LogP contribution < -0.4 is 20.1 Å². The molecule has 8 nitrogen and oxygen atoms in total. The van der Waals surface area contributed by atoms with Crippen molar-refractivity contribution in [3.63, 3.8) is 0 Å². The number of hydrogen-bond donors (Lipinski definition) is 4. The Bertz CT molecular complexity index is 1350. The minimum atomic E-state index is -4.88. The summed E-state index contributed by atoms with van der Waals surface area (Å²) in [5.41, 5.74) is -1.30. The highest BCUT2D eigenvalue weighted by Gasteiger charge is 2.33. The second kappa shape index (κ2) is 14.1. The van der Waals surface area contributed by atoms with E-state index in [1.807, 2.05) is 39.8 Å². The molecule has 44 heavy (non-hydrogen) atoms. The maximum absolute atomic E-state index is 12.9. The molecule has 3 rings (SSSR count). The first kappa shape index (κ1) is 35.0. The molecule has 0 aliphatic rings. The molecule has 0 aliphatic carbocycles. The van der Waals surface area contributed by atoms with Crippen LogP contribution in [0.2, 0.25) is 0 Å². The molecule has 0 saturated heterocycles. The van der Waals surface area contributed by atoms with Gasteiger partial charge in [-0.15, -0.1) is 13.2 Å². The topological polar surface area (TPSA) is 109 Å². The summed E-state index contributed by atoms with van der Waals surface area (Å²) in [4.78, 5) is 7.24. The fourth-order valence-electron chi connectivity index (χ4n) is 4.13. The molecule has 242 valence electrons. The number of ether oxygens (including phenoxy) is 2. The van der Waals surface area contributed by atoms with Gasteiger partial charge in [-0.05, 0) is 70.0 Å². The highest BCUT2D eigenvalue weighted by atomic mass is 19.4. The lowest BCUT2D eigenvalue weighted by molar-refractivity contribution is -0.276. The van der Waals surface area contributed by atoms with Crippen molar-refractivity contribution in [2.75, 3.05) is 19.7 Å². The highest BCUT2D eigenvalue weighted by Crippen LogP contribution is 2.28. The quantitative estimate of drug-likeness (QED) is 0.173. The third-order valence-electron chi connectivity index (χ3n) is 6.43. The molecule has 0 fully saturated rings. The first-order valence-electron chi connectivity index (χ1n) is 13.7. The number of aromatic nitrogens is 2. The maximum atomic E-state index is 12.9. The number of nitrogens with zero attached hydrogens (tertiary/aromatic N) is 2. The smallest absolute Gasteiger partial charge is 0.492 e. The van der Waals surface area contributed by atoms with Crippen molar-refractivity contribution in [1.82, 2.24) is 20.6 Å². The first-order valence-corrected chi connectivity index (χ1v) is 13.7. The van der Waals surface area contributed by atoms with Gasteiger partial charge in [0.1, 0.15) is 30.3 Å². The van der Waals surface area contributed by atoms with E-state index >= 15 is 0 Å². The normalized spacial score (nSPS) is 14.3. The van der Waals surface area contributed by atoms with Gasteiger partial charge < -0.3 is 30.3 Å². The van der Waals surface area contributed by atoms with E-state index in [1.54, 1.807) is 12.1 Å².